The summed E-state index contributed by atoms with van der Waals surface area (Å²) in [5.74, 6) is 0.815. The average Bonchev–Trinajstić information content (AvgIpc) is 2.29. The first-order valence-electron chi connectivity index (χ1n) is 6.65. The maximum atomic E-state index is 6.47. The minimum absolute atomic E-state index is 0.238. The third-order valence-electron chi connectivity index (χ3n) is 3.73. The van der Waals surface area contributed by atoms with Crippen molar-refractivity contribution in [1.29, 1.82) is 0 Å². The standard InChI is InChI=1S/C15H24N2/c1-13-7-6-10-17(11-13)12-15(2,16)14-8-4-3-5-9-14/h3-5,8-9,13H,6-7,10-12,16H2,1-2H3. The summed E-state index contributed by atoms with van der Waals surface area (Å²) in [5, 5.41) is 0. The Morgan fingerprint density at radius 3 is 2.71 bits per heavy atom. The van der Waals surface area contributed by atoms with Gasteiger partial charge in [0.2, 0.25) is 0 Å². The monoisotopic (exact) mass is 232 g/mol. The van der Waals surface area contributed by atoms with Crippen LogP contribution in [-0.2, 0) is 5.54 Å². The Balaban J connectivity index is 2.01. The van der Waals surface area contributed by atoms with Crippen LogP contribution in [0.5, 0.6) is 0 Å². The number of nitrogens with two attached hydrogens (primary N) is 1. The molecule has 0 aliphatic carbocycles. The quantitative estimate of drug-likeness (QED) is 0.868. The topological polar surface area (TPSA) is 29.3 Å². The molecule has 0 bridgehead atoms. The largest absolute Gasteiger partial charge is 0.321 e. The lowest BCUT2D eigenvalue weighted by Gasteiger charge is -2.37. The van der Waals surface area contributed by atoms with Crippen molar-refractivity contribution in [2.75, 3.05) is 19.6 Å². The van der Waals surface area contributed by atoms with Gasteiger partial charge in [0.05, 0.1) is 5.54 Å². The van der Waals surface area contributed by atoms with E-state index in [9.17, 15) is 0 Å². The van der Waals surface area contributed by atoms with Crippen molar-refractivity contribution < 1.29 is 0 Å². The van der Waals surface area contributed by atoms with E-state index in [-0.39, 0.29) is 5.54 Å². The van der Waals surface area contributed by atoms with Crippen LogP contribution >= 0.6 is 0 Å². The third kappa shape index (κ3) is 3.30. The van der Waals surface area contributed by atoms with Crippen LogP contribution in [0, 0.1) is 5.92 Å². The highest BCUT2D eigenvalue weighted by Crippen LogP contribution is 2.22. The fraction of sp³-hybridized carbons (Fsp3) is 0.600. The highest BCUT2D eigenvalue weighted by Gasteiger charge is 2.26. The second-order valence-corrected chi connectivity index (χ2v) is 5.77. The van der Waals surface area contributed by atoms with Crippen molar-refractivity contribution >= 4 is 0 Å². The van der Waals surface area contributed by atoms with Crippen molar-refractivity contribution in [2.45, 2.75) is 32.2 Å². The van der Waals surface area contributed by atoms with Crippen molar-refractivity contribution in [1.82, 2.24) is 4.90 Å². The minimum Gasteiger partial charge on any atom is -0.321 e. The molecule has 94 valence electrons. The van der Waals surface area contributed by atoms with E-state index in [1.165, 1.54) is 31.5 Å². The van der Waals surface area contributed by atoms with Crippen molar-refractivity contribution in [3.8, 4) is 0 Å². The molecule has 0 spiro atoms. The van der Waals surface area contributed by atoms with E-state index in [1.807, 2.05) is 6.07 Å². The van der Waals surface area contributed by atoms with Gasteiger partial charge in [0, 0.05) is 13.1 Å². The van der Waals surface area contributed by atoms with Crippen molar-refractivity contribution in [3.05, 3.63) is 35.9 Å². The molecule has 0 amide bonds. The van der Waals surface area contributed by atoms with Crippen LogP contribution in [0.3, 0.4) is 0 Å². The number of likely N-dealkylation sites (tertiary alicyclic amines) is 1. The van der Waals surface area contributed by atoms with Crippen LogP contribution in [-0.4, -0.2) is 24.5 Å². The molecule has 1 aliphatic rings. The summed E-state index contributed by atoms with van der Waals surface area (Å²) < 4.78 is 0. The molecule has 1 aromatic carbocycles. The van der Waals surface area contributed by atoms with Gasteiger partial charge in [0.1, 0.15) is 0 Å². The van der Waals surface area contributed by atoms with Gasteiger partial charge < -0.3 is 10.6 Å². The lowest BCUT2D eigenvalue weighted by atomic mass is 9.91. The van der Waals surface area contributed by atoms with Crippen LogP contribution in [0.2, 0.25) is 0 Å². The number of benzene rings is 1. The number of rotatable bonds is 3. The molecule has 2 rings (SSSR count). The fourth-order valence-corrected chi connectivity index (χ4v) is 2.81. The molecule has 0 aromatic heterocycles. The van der Waals surface area contributed by atoms with Gasteiger partial charge in [-0.05, 0) is 37.8 Å². The van der Waals surface area contributed by atoms with E-state index in [1.54, 1.807) is 0 Å². The van der Waals surface area contributed by atoms with Crippen LogP contribution in [0.15, 0.2) is 30.3 Å². The highest BCUT2D eigenvalue weighted by molar-refractivity contribution is 5.23. The first-order chi connectivity index (χ1) is 8.08. The second-order valence-electron chi connectivity index (χ2n) is 5.77. The Hall–Kier alpha value is -0.860. The molecular weight excluding hydrogens is 208 g/mol. The van der Waals surface area contributed by atoms with Crippen LogP contribution in [0.25, 0.3) is 0 Å². The molecule has 0 saturated carbocycles. The Morgan fingerprint density at radius 1 is 1.35 bits per heavy atom. The van der Waals surface area contributed by atoms with Gasteiger partial charge >= 0.3 is 0 Å². The van der Waals surface area contributed by atoms with E-state index in [2.05, 4.69) is 43.0 Å². The summed E-state index contributed by atoms with van der Waals surface area (Å²) in [4.78, 5) is 2.52. The van der Waals surface area contributed by atoms with E-state index in [0.717, 1.165) is 12.5 Å². The molecule has 0 radical (unpaired) electrons. The van der Waals surface area contributed by atoms with E-state index >= 15 is 0 Å². The molecule has 2 atom stereocenters. The van der Waals surface area contributed by atoms with Gasteiger partial charge in [-0.3, -0.25) is 0 Å². The first kappa shape index (κ1) is 12.6. The number of piperidine rings is 1. The summed E-state index contributed by atoms with van der Waals surface area (Å²) in [6, 6.07) is 10.4. The third-order valence-corrected chi connectivity index (χ3v) is 3.73. The molecule has 17 heavy (non-hydrogen) atoms. The summed E-state index contributed by atoms with van der Waals surface area (Å²) in [7, 11) is 0. The Kier molecular flexibility index (Phi) is 3.85. The first-order valence-corrected chi connectivity index (χ1v) is 6.65. The number of hydrogen-bond donors (Lipinski definition) is 1. The molecular formula is C15H24N2. The molecule has 1 saturated heterocycles. The molecule has 2 nitrogen and oxygen atoms in total. The summed E-state index contributed by atoms with van der Waals surface area (Å²) in [6.45, 7) is 7.83. The van der Waals surface area contributed by atoms with Crippen LogP contribution in [0.4, 0.5) is 0 Å². The predicted octanol–water partition coefficient (Wildman–Crippen LogP) is 2.59. The van der Waals surface area contributed by atoms with Crippen molar-refractivity contribution in [2.24, 2.45) is 11.7 Å². The van der Waals surface area contributed by atoms with E-state index in [4.69, 9.17) is 5.73 Å². The lowest BCUT2D eigenvalue weighted by Crippen LogP contribution is -2.48. The maximum Gasteiger partial charge on any atom is 0.0509 e. The van der Waals surface area contributed by atoms with Gasteiger partial charge in [-0.25, -0.2) is 0 Å². The van der Waals surface area contributed by atoms with Crippen LogP contribution in [0.1, 0.15) is 32.3 Å². The fourth-order valence-electron chi connectivity index (χ4n) is 2.81. The molecule has 1 aliphatic heterocycles. The van der Waals surface area contributed by atoms with Gasteiger partial charge in [-0.1, -0.05) is 37.3 Å². The smallest absolute Gasteiger partial charge is 0.0509 e. The predicted molar refractivity (Wildman–Crippen MR) is 72.8 cm³/mol. The molecule has 1 fully saturated rings. The van der Waals surface area contributed by atoms with E-state index < -0.39 is 0 Å². The Bertz CT molecular complexity index is 345. The highest BCUT2D eigenvalue weighted by atomic mass is 15.2. The molecule has 1 heterocycles. The average molecular weight is 232 g/mol. The van der Waals surface area contributed by atoms with E-state index in [0.29, 0.717) is 0 Å². The lowest BCUT2D eigenvalue weighted by molar-refractivity contribution is 0.151. The molecule has 2 N–H and O–H groups in total. The molecule has 2 heteroatoms. The Labute approximate surface area is 105 Å². The zero-order chi connectivity index (χ0) is 12.3. The number of nitrogens with zero attached hydrogens (tertiary/aromatic N) is 1. The summed E-state index contributed by atoms with van der Waals surface area (Å²) >= 11 is 0. The van der Waals surface area contributed by atoms with Crippen molar-refractivity contribution in [3.63, 3.8) is 0 Å². The molecule has 2 unspecified atom stereocenters. The number of hydrogen-bond acceptors (Lipinski definition) is 2. The summed E-state index contributed by atoms with van der Waals surface area (Å²) in [5.41, 5.74) is 7.47. The zero-order valence-electron chi connectivity index (χ0n) is 11.0. The van der Waals surface area contributed by atoms with Gasteiger partial charge in [0.15, 0.2) is 0 Å². The Morgan fingerprint density at radius 2 is 2.06 bits per heavy atom. The van der Waals surface area contributed by atoms with Gasteiger partial charge in [0.25, 0.3) is 0 Å². The molecule has 1 aromatic rings. The van der Waals surface area contributed by atoms with Crippen LogP contribution < -0.4 is 5.73 Å². The zero-order valence-corrected chi connectivity index (χ0v) is 11.0. The minimum atomic E-state index is -0.238. The SMILES string of the molecule is CC1CCCN(CC(C)(N)c2ccccc2)C1. The normalized spacial score (nSPS) is 25.5. The maximum absolute atomic E-state index is 6.47. The van der Waals surface area contributed by atoms with Gasteiger partial charge in [-0.2, -0.15) is 0 Å². The van der Waals surface area contributed by atoms with Gasteiger partial charge in [-0.15, -0.1) is 0 Å². The second kappa shape index (κ2) is 5.19. The summed E-state index contributed by atoms with van der Waals surface area (Å²) in [6.07, 6.45) is 2.68.